The quantitative estimate of drug-likeness (QED) is 0.822. The summed E-state index contributed by atoms with van der Waals surface area (Å²) < 4.78 is 1.41. The lowest BCUT2D eigenvalue weighted by Gasteiger charge is -1.93. The Morgan fingerprint density at radius 1 is 1.44 bits per heavy atom. The Bertz CT molecular complexity index is 508. The number of carboxylic acids is 1. The van der Waals surface area contributed by atoms with Gasteiger partial charge in [-0.05, 0) is 12.1 Å². The maximum absolute atomic E-state index is 10.8. The molecule has 0 bridgehead atoms. The fraction of sp³-hybridized carbons (Fsp3) is 0. The highest BCUT2D eigenvalue weighted by Crippen LogP contribution is 2.20. The smallest absolute Gasteiger partial charge is 0.345 e. The highest BCUT2D eigenvalue weighted by atomic mass is 32.1. The molecular formula is C9H7N3O3S. The molecule has 0 fully saturated rings. The molecule has 0 aromatic carbocycles. The Morgan fingerprint density at radius 3 is 2.69 bits per heavy atom. The summed E-state index contributed by atoms with van der Waals surface area (Å²) in [5.41, 5.74) is 5.36. The van der Waals surface area contributed by atoms with Crippen molar-refractivity contribution in [3.05, 3.63) is 35.0 Å². The number of rotatable bonds is 3. The second kappa shape index (κ2) is 3.78. The molecule has 1 amide bonds. The summed E-state index contributed by atoms with van der Waals surface area (Å²) in [6, 6.07) is 3.10. The van der Waals surface area contributed by atoms with Gasteiger partial charge in [0.15, 0.2) is 0 Å². The average molecular weight is 237 g/mol. The van der Waals surface area contributed by atoms with Gasteiger partial charge in [0.2, 0.25) is 0 Å². The van der Waals surface area contributed by atoms with E-state index in [1.165, 1.54) is 23.1 Å². The number of nitrogens with two attached hydrogens (primary N) is 1. The van der Waals surface area contributed by atoms with Crippen molar-refractivity contribution in [2.24, 2.45) is 5.73 Å². The highest BCUT2D eigenvalue weighted by Gasteiger charge is 2.10. The SMILES string of the molecule is NC(=O)c1cnn(-c2ccc(C(=O)O)s2)c1. The molecule has 2 rings (SSSR count). The van der Waals surface area contributed by atoms with Gasteiger partial charge < -0.3 is 10.8 Å². The van der Waals surface area contributed by atoms with E-state index in [-0.39, 0.29) is 10.4 Å². The number of carbonyl (C=O) groups excluding carboxylic acids is 1. The molecule has 0 radical (unpaired) electrons. The van der Waals surface area contributed by atoms with E-state index < -0.39 is 11.9 Å². The number of nitrogens with zero attached hydrogens (tertiary/aromatic N) is 2. The maximum Gasteiger partial charge on any atom is 0.345 e. The molecule has 0 saturated heterocycles. The molecule has 3 N–H and O–H groups in total. The van der Waals surface area contributed by atoms with Crippen LogP contribution in [0.25, 0.3) is 5.00 Å². The second-order valence-electron chi connectivity index (χ2n) is 2.98. The van der Waals surface area contributed by atoms with Crippen LogP contribution in [0.5, 0.6) is 0 Å². The number of carbonyl (C=O) groups is 2. The molecule has 6 nitrogen and oxygen atoms in total. The fourth-order valence-corrected chi connectivity index (χ4v) is 1.91. The first-order chi connectivity index (χ1) is 7.58. The van der Waals surface area contributed by atoms with Gasteiger partial charge in [0.05, 0.1) is 11.8 Å². The normalized spacial score (nSPS) is 10.2. The Morgan fingerprint density at radius 2 is 2.19 bits per heavy atom. The van der Waals surface area contributed by atoms with Crippen molar-refractivity contribution in [1.29, 1.82) is 0 Å². The van der Waals surface area contributed by atoms with Gasteiger partial charge in [-0.15, -0.1) is 11.3 Å². The van der Waals surface area contributed by atoms with Crippen LogP contribution in [0.3, 0.4) is 0 Å². The van der Waals surface area contributed by atoms with Gasteiger partial charge in [-0.1, -0.05) is 0 Å². The van der Waals surface area contributed by atoms with E-state index in [0.717, 1.165) is 11.3 Å². The van der Waals surface area contributed by atoms with Gasteiger partial charge in [-0.3, -0.25) is 4.79 Å². The molecular weight excluding hydrogens is 230 g/mol. The number of thiophene rings is 1. The van der Waals surface area contributed by atoms with Crippen molar-refractivity contribution in [3.63, 3.8) is 0 Å². The third-order valence-electron chi connectivity index (χ3n) is 1.90. The highest BCUT2D eigenvalue weighted by molar-refractivity contribution is 7.16. The molecule has 7 heteroatoms. The second-order valence-corrected chi connectivity index (χ2v) is 4.04. The van der Waals surface area contributed by atoms with E-state index in [2.05, 4.69) is 5.10 Å². The van der Waals surface area contributed by atoms with Crippen molar-refractivity contribution in [2.45, 2.75) is 0 Å². The third kappa shape index (κ3) is 1.80. The van der Waals surface area contributed by atoms with Crippen molar-refractivity contribution in [3.8, 4) is 5.00 Å². The van der Waals surface area contributed by atoms with E-state index in [0.29, 0.717) is 5.00 Å². The molecule has 0 aliphatic carbocycles. The Balaban J connectivity index is 2.35. The molecule has 82 valence electrons. The van der Waals surface area contributed by atoms with Crippen LogP contribution in [-0.4, -0.2) is 26.8 Å². The Labute approximate surface area is 93.9 Å². The molecule has 0 aliphatic heterocycles. The first-order valence-corrected chi connectivity index (χ1v) is 5.07. The minimum Gasteiger partial charge on any atom is -0.477 e. The number of primary amides is 1. The van der Waals surface area contributed by atoms with Gasteiger partial charge in [0, 0.05) is 6.20 Å². The van der Waals surface area contributed by atoms with Crippen molar-refractivity contribution in [2.75, 3.05) is 0 Å². The number of aromatic nitrogens is 2. The molecule has 0 unspecified atom stereocenters. The topological polar surface area (TPSA) is 98.2 Å². The van der Waals surface area contributed by atoms with Gasteiger partial charge >= 0.3 is 5.97 Å². The summed E-state index contributed by atoms with van der Waals surface area (Å²) in [4.78, 5) is 21.7. The predicted molar refractivity (Wildman–Crippen MR) is 56.9 cm³/mol. The van der Waals surface area contributed by atoms with Crippen LogP contribution in [0.1, 0.15) is 20.0 Å². The van der Waals surface area contributed by atoms with Crippen LogP contribution >= 0.6 is 11.3 Å². The van der Waals surface area contributed by atoms with E-state index in [9.17, 15) is 9.59 Å². The van der Waals surface area contributed by atoms with Crippen LogP contribution in [0.15, 0.2) is 24.5 Å². The van der Waals surface area contributed by atoms with Gasteiger partial charge in [0.1, 0.15) is 9.88 Å². The zero-order valence-electron chi connectivity index (χ0n) is 7.95. The molecule has 0 aliphatic rings. The van der Waals surface area contributed by atoms with Gasteiger partial charge in [0.25, 0.3) is 5.91 Å². The monoisotopic (exact) mass is 237 g/mol. The minimum absolute atomic E-state index is 0.214. The van der Waals surface area contributed by atoms with E-state index in [1.54, 1.807) is 6.07 Å². The molecule has 2 aromatic heterocycles. The molecule has 0 atom stereocenters. The summed E-state index contributed by atoms with van der Waals surface area (Å²) in [7, 11) is 0. The Kier molecular flexibility index (Phi) is 2.45. The third-order valence-corrected chi connectivity index (χ3v) is 2.96. The van der Waals surface area contributed by atoms with E-state index in [4.69, 9.17) is 10.8 Å². The molecule has 2 heterocycles. The largest absolute Gasteiger partial charge is 0.477 e. The zero-order valence-corrected chi connectivity index (χ0v) is 8.77. The van der Waals surface area contributed by atoms with Crippen LogP contribution in [0, 0.1) is 0 Å². The lowest BCUT2D eigenvalue weighted by Crippen LogP contribution is -2.09. The maximum atomic E-state index is 10.8. The van der Waals surface area contributed by atoms with Gasteiger partial charge in [-0.25, -0.2) is 9.48 Å². The number of amides is 1. The summed E-state index contributed by atoms with van der Waals surface area (Å²) in [5, 5.41) is 13.3. The van der Waals surface area contributed by atoms with Crippen LogP contribution in [0.4, 0.5) is 0 Å². The van der Waals surface area contributed by atoms with Crippen LogP contribution < -0.4 is 5.73 Å². The van der Waals surface area contributed by atoms with E-state index in [1.807, 2.05) is 0 Å². The summed E-state index contributed by atoms with van der Waals surface area (Å²) in [6.07, 6.45) is 2.79. The van der Waals surface area contributed by atoms with Crippen molar-refractivity contribution in [1.82, 2.24) is 9.78 Å². The predicted octanol–water partition coefficient (Wildman–Crippen LogP) is 0.731. The van der Waals surface area contributed by atoms with Gasteiger partial charge in [-0.2, -0.15) is 5.10 Å². The number of carboxylic acid groups (broad SMARTS) is 1. The molecule has 2 aromatic rings. The fourth-order valence-electron chi connectivity index (χ4n) is 1.14. The lowest BCUT2D eigenvalue weighted by atomic mass is 10.3. The van der Waals surface area contributed by atoms with Crippen LogP contribution in [0.2, 0.25) is 0 Å². The summed E-state index contributed by atoms with van der Waals surface area (Å²) >= 11 is 1.07. The standard InChI is InChI=1S/C9H7N3O3S/c10-8(13)5-3-11-12(4-5)7-2-1-6(16-7)9(14)15/h1-4H,(H2,10,13)(H,14,15). The minimum atomic E-state index is -0.987. The van der Waals surface area contributed by atoms with Crippen molar-refractivity contribution < 1.29 is 14.7 Å². The molecule has 0 saturated carbocycles. The number of aromatic carboxylic acids is 1. The number of hydrogen-bond acceptors (Lipinski definition) is 4. The summed E-state index contributed by atoms with van der Waals surface area (Å²) in [6.45, 7) is 0. The first-order valence-electron chi connectivity index (χ1n) is 4.26. The lowest BCUT2D eigenvalue weighted by molar-refractivity contribution is 0.0702. The first kappa shape index (κ1) is 10.4. The molecule has 16 heavy (non-hydrogen) atoms. The number of hydrogen-bond donors (Lipinski definition) is 2. The zero-order chi connectivity index (χ0) is 11.7. The average Bonchev–Trinajstić information content (AvgIpc) is 2.86. The molecule has 0 spiro atoms. The van der Waals surface area contributed by atoms with Crippen molar-refractivity contribution >= 4 is 23.2 Å². The van der Waals surface area contributed by atoms with Crippen LogP contribution in [-0.2, 0) is 0 Å². The Hall–Kier alpha value is -2.15. The summed E-state index contributed by atoms with van der Waals surface area (Å²) in [5.74, 6) is -1.56. The van der Waals surface area contributed by atoms with E-state index >= 15 is 0 Å².